The second-order valence-corrected chi connectivity index (χ2v) is 4.64. The maximum absolute atomic E-state index is 11.8. The second kappa shape index (κ2) is 6.48. The summed E-state index contributed by atoms with van der Waals surface area (Å²) in [6, 6.07) is 3.20. The van der Waals surface area contributed by atoms with Crippen LogP contribution in [0, 0.1) is 0 Å². The summed E-state index contributed by atoms with van der Waals surface area (Å²) in [6.45, 7) is 0.119. The topological polar surface area (TPSA) is 90.9 Å². The fourth-order valence-electron chi connectivity index (χ4n) is 1.88. The molecule has 1 N–H and O–H groups in total. The third kappa shape index (κ3) is 3.04. The Morgan fingerprint density at radius 2 is 2.05 bits per heavy atom. The van der Waals surface area contributed by atoms with Gasteiger partial charge in [-0.2, -0.15) is 0 Å². The van der Waals surface area contributed by atoms with Crippen molar-refractivity contribution in [1.82, 2.24) is 0 Å². The number of cyclic esters (lactones) is 1. The summed E-state index contributed by atoms with van der Waals surface area (Å²) in [5.74, 6) is -2.15. The highest BCUT2D eigenvalue weighted by molar-refractivity contribution is 6.34. The summed E-state index contributed by atoms with van der Waals surface area (Å²) < 4.78 is 14.0. The van der Waals surface area contributed by atoms with Gasteiger partial charge in [-0.3, -0.25) is 0 Å². The summed E-state index contributed by atoms with van der Waals surface area (Å²) in [5, 5.41) is 2.84. The van der Waals surface area contributed by atoms with Crippen LogP contribution in [0.2, 0.25) is 5.02 Å². The van der Waals surface area contributed by atoms with Crippen LogP contribution in [-0.4, -0.2) is 32.1 Å². The zero-order valence-electron chi connectivity index (χ0n) is 11.8. The summed E-state index contributed by atoms with van der Waals surface area (Å²) in [6.07, 6.45) is 0.905. The monoisotopic (exact) mass is 325 g/mol. The van der Waals surface area contributed by atoms with Gasteiger partial charge >= 0.3 is 17.9 Å². The largest absolute Gasteiger partial charge is 0.466 e. The first kappa shape index (κ1) is 15.8. The molecule has 22 heavy (non-hydrogen) atoms. The van der Waals surface area contributed by atoms with Gasteiger partial charge in [0.1, 0.15) is 12.3 Å². The number of carbonyl (C=O) groups excluding carboxylic acids is 3. The van der Waals surface area contributed by atoms with Gasteiger partial charge in [0.2, 0.25) is 0 Å². The molecule has 1 heterocycles. The first-order valence-corrected chi connectivity index (χ1v) is 6.49. The Bertz CT molecular complexity index is 682. The van der Waals surface area contributed by atoms with Crippen molar-refractivity contribution in [1.29, 1.82) is 0 Å². The second-order valence-electron chi connectivity index (χ2n) is 4.23. The van der Waals surface area contributed by atoms with Gasteiger partial charge in [0.15, 0.2) is 0 Å². The first-order chi connectivity index (χ1) is 10.5. The molecule has 0 unspecified atom stereocenters. The average Bonchev–Trinajstić information content (AvgIpc) is 2.89. The predicted molar refractivity (Wildman–Crippen MR) is 76.3 cm³/mol. The van der Waals surface area contributed by atoms with Crippen molar-refractivity contribution >= 4 is 35.2 Å². The van der Waals surface area contributed by atoms with Crippen molar-refractivity contribution < 1.29 is 28.6 Å². The maximum Gasteiger partial charge on any atom is 0.354 e. The van der Waals surface area contributed by atoms with Crippen molar-refractivity contribution in [3.05, 3.63) is 40.1 Å². The van der Waals surface area contributed by atoms with Gasteiger partial charge in [-0.25, -0.2) is 14.4 Å². The van der Waals surface area contributed by atoms with Crippen molar-refractivity contribution in [2.24, 2.45) is 0 Å². The van der Waals surface area contributed by atoms with Crippen molar-refractivity contribution in [2.45, 2.75) is 6.61 Å². The van der Waals surface area contributed by atoms with E-state index in [1.54, 1.807) is 12.1 Å². The minimum absolute atomic E-state index is 0.119. The van der Waals surface area contributed by atoms with Gasteiger partial charge in [0.05, 0.1) is 36.6 Å². The van der Waals surface area contributed by atoms with Crippen molar-refractivity contribution in [3.8, 4) is 0 Å². The molecule has 1 aliphatic heterocycles. The molecule has 0 aliphatic carbocycles. The van der Waals surface area contributed by atoms with Crippen LogP contribution in [0.3, 0.4) is 0 Å². The smallest absolute Gasteiger partial charge is 0.354 e. The van der Waals surface area contributed by atoms with Crippen molar-refractivity contribution in [3.63, 3.8) is 0 Å². The van der Waals surface area contributed by atoms with Gasteiger partial charge in [-0.05, 0) is 6.07 Å². The van der Waals surface area contributed by atoms with Gasteiger partial charge in [0, 0.05) is 5.56 Å². The number of esters is 3. The van der Waals surface area contributed by atoms with Crippen LogP contribution in [0.1, 0.15) is 15.9 Å². The lowest BCUT2D eigenvalue weighted by Gasteiger charge is -2.13. The van der Waals surface area contributed by atoms with E-state index in [1.807, 2.05) is 0 Å². The van der Waals surface area contributed by atoms with Gasteiger partial charge in [-0.1, -0.05) is 17.7 Å². The number of halogens is 1. The molecule has 0 fully saturated rings. The third-order valence-corrected chi connectivity index (χ3v) is 3.25. The van der Waals surface area contributed by atoms with Crippen LogP contribution < -0.4 is 5.32 Å². The van der Waals surface area contributed by atoms with Gasteiger partial charge in [0.25, 0.3) is 0 Å². The molecule has 1 aromatic rings. The summed E-state index contributed by atoms with van der Waals surface area (Å²) in [5.41, 5.74) is 0.790. The van der Waals surface area contributed by atoms with E-state index in [2.05, 4.69) is 14.8 Å². The van der Waals surface area contributed by atoms with Crippen LogP contribution in [0.4, 0.5) is 5.69 Å². The molecular formula is C14H12ClNO6. The summed E-state index contributed by atoms with van der Waals surface area (Å²) >= 11 is 6.07. The number of benzene rings is 1. The Morgan fingerprint density at radius 1 is 1.32 bits per heavy atom. The molecule has 0 radical (unpaired) electrons. The van der Waals surface area contributed by atoms with E-state index in [4.69, 9.17) is 16.3 Å². The lowest BCUT2D eigenvalue weighted by atomic mass is 10.1. The first-order valence-electron chi connectivity index (χ1n) is 6.11. The van der Waals surface area contributed by atoms with E-state index < -0.39 is 17.9 Å². The number of ether oxygens (including phenoxy) is 3. The van der Waals surface area contributed by atoms with E-state index >= 15 is 0 Å². The zero-order valence-corrected chi connectivity index (χ0v) is 12.5. The van der Waals surface area contributed by atoms with Crippen LogP contribution in [0.5, 0.6) is 0 Å². The number of hydrogen-bond acceptors (Lipinski definition) is 7. The number of methoxy groups -OCH3 is 2. The highest BCUT2D eigenvalue weighted by Crippen LogP contribution is 2.34. The van der Waals surface area contributed by atoms with Crippen LogP contribution in [0.15, 0.2) is 23.9 Å². The van der Waals surface area contributed by atoms with E-state index in [9.17, 15) is 14.4 Å². The van der Waals surface area contributed by atoms with Crippen LogP contribution in [0.25, 0.3) is 0 Å². The molecule has 7 nitrogen and oxygen atoms in total. The van der Waals surface area contributed by atoms with E-state index in [0.717, 1.165) is 20.3 Å². The van der Waals surface area contributed by atoms with Crippen LogP contribution >= 0.6 is 11.6 Å². The Labute approximate surface area is 130 Å². The molecule has 1 aromatic carbocycles. The Kier molecular flexibility index (Phi) is 4.67. The molecule has 116 valence electrons. The molecule has 2 rings (SSSR count). The molecule has 1 aliphatic rings. The van der Waals surface area contributed by atoms with E-state index in [0.29, 0.717) is 5.56 Å². The molecule has 0 atom stereocenters. The Morgan fingerprint density at radius 3 is 2.68 bits per heavy atom. The van der Waals surface area contributed by atoms with E-state index in [1.165, 1.54) is 0 Å². The molecule has 0 amide bonds. The lowest BCUT2D eigenvalue weighted by Crippen LogP contribution is -2.17. The molecule has 0 aromatic heterocycles. The minimum atomic E-state index is -0.814. The maximum atomic E-state index is 11.8. The molecule has 0 bridgehead atoms. The number of anilines is 1. The summed E-state index contributed by atoms with van der Waals surface area (Å²) in [4.78, 5) is 34.9. The zero-order chi connectivity index (χ0) is 16.3. The van der Waals surface area contributed by atoms with Crippen molar-refractivity contribution in [2.75, 3.05) is 19.5 Å². The fourth-order valence-corrected chi connectivity index (χ4v) is 2.08. The standard InChI is InChI=1S/C14H12ClNO6/c1-20-10(17)5-9(13(18)21-2)16-12-8(15)4-3-7-6-22-14(19)11(7)12/h3-5,16H,6H2,1-2H3/b9-5+. The number of hydrogen-bond donors (Lipinski definition) is 1. The Hall–Kier alpha value is -2.54. The SMILES string of the molecule is COC(=O)/C=C(/Nc1c(Cl)ccc2c1C(=O)OC2)C(=O)OC. The predicted octanol–water partition coefficient (Wildman–Crippen LogP) is 1.65. The summed E-state index contributed by atoms with van der Waals surface area (Å²) in [7, 11) is 2.32. The molecule has 0 saturated heterocycles. The molecule has 8 heteroatoms. The third-order valence-electron chi connectivity index (χ3n) is 2.93. The molecular weight excluding hydrogens is 314 g/mol. The van der Waals surface area contributed by atoms with Crippen LogP contribution in [-0.2, 0) is 30.4 Å². The quantitative estimate of drug-likeness (QED) is 0.511. The number of nitrogens with one attached hydrogen (secondary N) is 1. The molecule has 0 saturated carbocycles. The highest BCUT2D eigenvalue weighted by Gasteiger charge is 2.28. The van der Waals surface area contributed by atoms with Gasteiger partial charge < -0.3 is 19.5 Å². The minimum Gasteiger partial charge on any atom is -0.466 e. The average molecular weight is 326 g/mol. The number of rotatable bonds is 4. The Balaban J connectivity index is 2.46. The fraction of sp³-hybridized carbons (Fsp3) is 0.214. The number of fused-ring (bicyclic) bond motifs is 1. The normalized spacial score (nSPS) is 13.2. The highest BCUT2D eigenvalue weighted by atomic mass is 35.5. The lowest BCUT2D eigenvalue weighted by molar-refractivity contribution is -0.138. The molecule has 0 spiro atoms. The van der Waals surface area contributed by atoms with Gasteiger partial charge in [-0.15, -0.1) is 0 Å². The van der Waals surface area contributed by atoms with E-state index in [-0.39, 0.29) is 28.6 Å². The number of carbonyl (C=O) groups is 3.